The van der Waals surface area contributed by atoms with E-state index in [2.05, 4.69) is 36.3 Å². The first-order chi connectivity index (χ1) is 8.16. The summed E-state index contributed by atoms with van der Waals surface area (Å²) in [5, 5.41) is 2.16. The van der Waals surface area contributed by atoms with E-state index < -0.39 is 0 Å². The van der Waals surface area contributed by atoms with Gasteiger partial charge in [0.15, 0.2) is 0 Å². The van der Waals surface area contributed by atoms with Gasteiger partial charge in [0.1, 0.15) is 0 Å². The average Bonchev–Trinajstić information content (AvgIpc) is 2.90. The molecular formula is C14H24N2S. The summed E-state index contributed by atoms with van der Waals surface area (Å²) in [7, 11) is 0. The third-order valence-corrected chi connectivity index (χ3v) is 4.72. The van der Waals surface area contributed by atoms with E-state index in [4.69, 9.17) is 5.73 Å². The molecule has 0 radical (unpaired) electrons. The highest BCUT2D eigenvalue weighted by atomic mass is 32.1. The third-order valence-electron chi connectivity index (χ3n) is 3.86. The van der Waals surface area contributed by atoms with E-state index in [1.807, 2.05) is 11.3 Å². The minimum Gasteiger partial charge on any atom is -0.327 e. The summed E-state index contributed by atoms with van der Waals surface area (Å²) < 4.78 is 0. The molecule has 3 heteroatoms. The topological polar surface area (TPSA) is 29.3 Å². The Bertz CT molecular complexity index is 321. The highest BCUT2D eigenvalue weighted by molar-refractivity contribution is 7.09. The van der Waals surface area contributed by atoms with Crippen molar-refractivity contribution in [1.29, 1.82) is 0 Å². The monoisotopic (exact) mass is 252 g/mol. The number of nitrogens with two attached hydrogens (primary N) is 1. The second-order valence-electron chi connectivity index (χ2n) is 5.46. The standard InChI is InChI=1S/C14H24N2S/c1-11(2)16(10-13-6-4-8-17-13)9-12-5-3-7-14(12)15/h4,6,8,11-12,14H,3,5,7,9-10,15H2,1-2H3. The van der Waals surface area contributed by atoms with E-state index in [-0.39, 0.29) is 0 Å². The van der Waals surface area contributed by atoms with Crippen LogP contribution in [-0.4, -0.2) is 23.5 Å². The van der Waals surface area contributed by atoms with Crippen LogP contribution >= 0.6 is 11.3 Å². The molecule has 0 spiro atoms. The lowest BCUT2D eigenvalue weighted by atomic mass is 10.0. The van der Waals surface area contributed by atoms with E-state index in [1.54, 1.807) is 0 Å². The van der Waals surface area contributed by atoms with Gasteiger partial charge in [0.25, 0.3) is 0 Å². The zero-order valence-corrected chi connectivity index (χ0v) is 11.7. The summed E-state index contributed by atoms with van der Waals surface area (Å²) >= 11 is 1.85. The molecule has 0 aliphatic heterocycles. The normalized spacial score (nSPS) is 25.0. The highest BCUT2D eigenvalue weighted by Gasteiger charge is 2.26. The van der Waals surface area contributed by atoms with Crippen LogP contribution in [0.1, 0.15) is 38.0 Å². The first-order valence-electron chi connectivity index (χ1n) is 6.69. The predicted molar refractivity (Wildman–Crippen MR) is 75.2 cm³/mol. The maximum absolute atomic E-state index is 6.18. The van der Waals surface area contributed by atoms with Gasteiger partial charge in [-0.1, -0.05) is 12.5 Å². The van der Waals surface area contributed by atoms with Crippen LogP contribution in [0.15, 0.2) is 17.5 Å². The number of nitrogens with zero attached hydrogens (tertiary/aromatic N) is 1. The Morgan fingerprint density at radius 3 is 2.82 bits per heavy atom. The quantitative estimate of drug-likeness (QED) is 0.872. The summed E-state index contributed by atoms with van der Waals surface area (Å²) in [4.78, 5) is 4.03. The third kappa shape index (κ3) is 3.54. The summed E-state index contributed by atoms with van der Waals surface area (Å²) in [6, 6.07) is 5.40. The molecule has 1 aliphatic carbocycles. The first-order valence-corrected chi connectivity index (χ1v) is 7.57. The van der Waals surface area contributed by atoms with Gasteiger partial charge in [0.2, 0.25) is 0 Å². The smallest absolute Gasteiger partial charge is 0.0330 e. The maximum Gasteiger partial charge on any atom is 0.0330 e. The van der Waals surface area contributed by atoms with Crippen LogP contribution in [0, 0.1) is 5.92 Å². The molecule has 17 heavy (non-hydrogen) atoms. The Balaban J connectivity index is 1.93. The van der Waals surface area contributed by atoms with E-state index in [1.165, 1.54) is 24.1 Å². The van der Waals surface area contributed by atoms with Gasteiger partial charge in [0, 0.05) is 30.1 Å². The molecule has 0 aromatic carbocycles. The van der Waals surface area contributed by atoms with Crippen LogP contribution in [0.4, 0.5) is 0 Å². The fourth-order valence-corrected chi connectivity index (χ4v) is 3.38. The van der Waals surface area contributed by atoms with Crippen LogP contribution in [0.5, 0.6) is 0 Å². The fraction of sp³-hybridized carbons (Fsp3) is 0.714. The van der Waals surface area contributed by atoms with E-state index in [9.17, 15) is 0 Å². The van der Waals surface area contributed by atoms with Crippen molar-refractivity contribution in [2.45, 2.75) is 51.7 Å². The molecule has 0 saturated heterocycles. The molecular weight excluding hydrogens is 228 g/mol. The van der Waals surface area contributed by atoms with Crippen LogP contribution in [0.2, 0.25) is 0 Å². The Kier molecular flexibility index (Phi) is 4.60. The molecule has 1 fully saturated rings. The molecule has 2 atom stereocenters. The van der Waals surface area contributed by atoms with Gasteiger partial charge in [0.05, 0.1) is 0 Å². The predicted octanol–water partition coefficient (Wildman–Crippen LogP) is 3.09. The zero-order valence-electron chi connectivity index (χ0n) is 10.9. The van der Waals surface area contributed by atoms with Crippen LogP contribution in [0.25, 0.3) is 0 Å². The fourth-order valence-electron chi connectivity index (χ4n) is 2.65. The molecule has 2 rings (SSSR count). The molecule has 1 aromatic rings. The molecule has 2 N–H and O–H groups in total. The van der Waals surface area contributed by atoms with Crippen molar-refractivity contribution in [1.82, 2.24) is 4.90 Å². The molecule has 1 aromatic heterocycles. The van der Waals surface area contributed by atoms with Crippen molar-refractivity contribution in [2.24, 2.45) is 11.7 Å². The number of hydrogen-bond donors (Lipinski definition) is 1. The molecule has 0 amide bonds. The largest absolute Gasteiger partial charge is 0.327 e. The lowest BCUT2D eigenvalue weighted by Crippen LogP contribution is -2.39. The van der Waals surface area contributed by atoms with E-state index in [0.717, 1.165) is 13.1 Å². The summed E-state index contributed by atoms with van der Waals surface area (Å²) in [5.74, 6) is 0.706. The SMILES string of the molecule is CC(C)N(Cc1cccs1)CC1CCCC1N. The molecule has 1 heterocycles. The molecule has 2 unspecified atom stereocenters. The minimum absolute atomic E-state index is 0.430. The van der Waals surface area contributed by atoms with Gasteiger partial charge >= 0.3 is 0 Å². The van der Waals surface area contributed by atoms with Gasteiger partial charge in [-0.05, 0) is 44.1 Å². The summed E-state index contributed by atoms with van der Waals surface area (Å²) in [6.45, 7) is 6.82. The minimum atomic E-state index is 0.430. The van der Waals surface area contributed by atoms with Crippen molar-refractivity contribution in [3.8, 4) is 0 Å². The molecule has 1 aliphatic rings. The second kappa shape index (κ2) is 5.98. The summed E-state index contributed by atoms with van der Waals surface area (Å²) in [5.41, 5.74) is 6.18. The average molecular weight is 252 g/mol. The van der Waals surface area contributed by atoms with Crippen LogP contribution in [-0.2, 0) is 6.54 Å². The van der Waals surface area contributed by atoms with Crippen LogP contribution < -0.4 is 5.73 Å². The molecule has 96 valence electrons. The Labute approximate surface area is 109 Å². The van der Waals surface area contributed by atoms with Crippen molar-refractivity contribution in [3.05, 3.63) is 22.4 Å². The van der Waals surface area contributed by atoms with Gasteiger partial charge in [-0.3, -0.25) is 4.90 Å². The van der Waals surface area contributed by atoms with Crippen molar-refractivity contribution in [2.75, 3.05) is 6.54 Å². The first kappa shape index (κ1) is 13.1. The van der Waals surface area contributed by atoms with Crippen molar-refractivity contribution < 1.29 is 0 Å². The lowest BCUT2D eigenvalue weighted by Gasteiger charge is -2.30. The Morgan fingerprint density at radius 2 is 2.29 bits per heavy atom. The van der Waals surface area contributed by atoms with E-state index >= 15 is 0 Å². The zero-order chi connectivity index (χ0) is 12.3. The van der Waals surface area contributed by atoms with Crippen LogP contribution in [0.3, 0.4) is 0 Å². The van der Waals surface area contributed by atoms with Crippen molar-refractivity contribution in [3.63, 3.8) is 0 Å². The lowest BCUT2D eigenvalue weighted by molar-refractivity contribution is 0.175. The van der Waals surface area contributed by atoms with E-state index in [0.29, 0.717) is 18.0 Å². The van der Waals surface area contributed by atoms with Gasteiger partial charge in [-0.15, -0.1) is 11.3 Å². The maximum atomic E-state index is 6.18. The number of rotatable bonds is 5. The Hall–Kier alpha value is -0.380. The highest BCUT2D eigenvalue weighted by Crippen LogP contribution is 2.26. The van der Waals surface area contributed by atoms with Gasteiger partial charge in [-0.2, -0.15) is 0 Å². The summed E-state index contributed by atoms with van der Waals surface area (Å²) in [6.07, 6.45) is 3.85. The number of thiophene rings is 1. The molecule has 1 saturated carbocycles. The molecule has 2 nitrogen and oxygen atoms in total. The Morgan fingerprint density at radius 1 is 1.47 bits per heavy atom. The molecule has 0 bridgehead atoms. The van der Waals surface area contributed by atoms with Crippen molar-refractivity contribution >= 4 is 11.3 Å². The van der Waals surface area contributed by atoms with Gasteiger partial charge < -0.3 is 5.73 Å². The number of hydrogen-bond acceptors (Lipinski definition) is 3. The van der Waals surface area contributed by atoms with Gasteiger partial charge in [-0.25, -0.2) is 0 Å². The second-order valence-corrected chi connectivity index (χ2v) is 6.49.